The largest absolute Gasteiger partial charge is 0.349 e. The number of thioether (sulfide) groups is 1. The number of halogens is 1. The Morgan fingerprint density at radius 1 is 1.45 bits per heavy atom. The summed E-state index contributed by atoms with van der Waals surface area (Å²) in [5.74, 6) is 0.00438. The highest BCUT2D eigenvalue weighted by molar-refractivity contribution is 9.10. The van der Waals surface area contributed by atoms with Gasteiger partial charge in [0.2, 0.25) is 0 Å². The van der Waals surface area contributed by atoms with Crippen LogP contribution in [0.5, 0.6) is 0 Å². The van der Waals surface area contributed by atoms with Gasteiger partial charge < -0.3 is 9.88 Å². The minimum atomic E-state index is 0.00438. The van der Waals surface area contributed by atoms with Gasteiger partial charge in [-0.2, -0.15) is 11.8 Å². The lowest BCUT2D eigenvalue weighted by Gasteiger charge is -2.29. The van der Waals surface area contributed by atoms with Crippen molar-refractivity contribution < 1.29 is 4.79 Å². The first-order valence-corrected chi connectivity index (χ1v) is 9.11. The molecule has 0 spiro atoms. The van der Waals surface area contributed by atoms with Crippen molar-refractivity contribution in [3.05, 3.63) is 22.4 Å². The van der Waals surface area contributed by atoms with Gasteiger partial charge in [-0.05, 0) is 54.9 Å². The molecule has 0 saturated heterocycles. The highest BCUT2D eigenvalue weighted by atomic mass is 79.9. The van der Waals surface area contributed by atoms with E-state index in [9.17, 15) is 4.79 Å². The van der Waals surface area contributed by atoms with Crippen LogP contribution in [-0.2, 0) is 0 Å². The molecule has 5 heteroatoms. The van der Waals surface area contributed by atoms with Crippen LogP contribution in [0.2, 0.25) is 0 Å². The Balaban J connectivity index is 2.82. The molecule has 3 nitrogen and oxygen atoms in total. The molecule has 1 heterocycles. The Kier molecular flexibility index (Phi) is 6.65. The number of carbonyl (C=O) groups is 1. The number of hydrogen-bond donors (Lipinski definition) is 1. The van der Waals surface area contributed by atoms with E-state index in [1.54, 1.807) is 0 Å². The van der Waals surface area contributed by atoms with Gasteiger partial charge >= 0.3 is 0 Å². The van der Waals surface area contributed by atoms with Crippen LogP contribution in [0, 0.1) is 0 Å². The number of aromatic nitrogens is 1. The molecular weight excluding hydrogens is 336 g/mol. The van der Waals surface area contributed by atoms with Crippen LogP contribution in [0.4, 0.5) is 0 Å². The zero-order valence-electron chi connectivity index (χ0n) is 13.0. The number of rotatable bonds is 7. The number of hydrogen-bond acceptors (Lipinski definition) is 2. The third-order valence-electron chi connectivity index (χ3n) is 3.90. The second-order valence-corrected chi connectivity index (χ2v) is 7.51. The average Bonchev–Trinajstić information content (AvgIpc) is 2.83. The molecule has 114 valence electrons. The van der Waals surface area contributed by atoms with Crippen LogP contribution < -0.4 is 5.32 Å². The van der Waals surface area contributed by atoms with Crippen molar-refractivity contribution in [3.8, 4) is 0 Å². The first-order valence-electron chi connectivity index (χ1n) is 7.09. The fourth-order valence-corrected chi connectivity index (χ4v) is 3.48. The molecule has 1 rings (SSSR count). The predicted octanol–water partition coefficient (Wildman–Crippen LogP) is 4.48. The van der Waals surface area contributed by atoms with Gasteiger partial charge in [-0.15, -0.1) is 0 Å². The topological polar surface area (TPSA) is 34.0 Å². The van der Waals surface area contributed by atoms with Gasteiger partial charge in [0.15, 0.2) is 0 Å². The predicted molar refractivity (Wildman–Crippen MR) is 91.7 cm³/mol. The normalized spacial score (nSPS) is 11.9. The summed E-state index contributed by atoms with van der Waals surface area (Å²) >= 11 is 5.29. The first kappa shape index (κ1) is 17.6. The van der Waals surface area contributed by atoms with E-state index in [4.69, 9.17) is 0 Å². The zero-order chi connectivity index (χ0) is 15.3. The molecule has 0 unspecified atom stereocenters. The molecular formula is C15H25BrN2OS. The van der Waals surface area contributed by atoms with Crippen LogP contribution in [0.3, 0.4) is 0 Å². The van der Waals surface area contributed by atoms with Crippen molar-refractivity contribution in [2.45, 2.75) is 51.3 Å². The Bertz CT molecular complexity index is 444. The lowest BCUT2D eigenvalue weighted by atomic mass is 10.0. The molecule has 0 atom stereocenters. The van der Waals surface area contributed by atoms with Crippen LogP contribution in [-0.4, -0.2) is 28.0 Å². The van der Waals surface area contributed by atoms with Gasteiger partial charge in [0, 0.05) is 28.0 Å². The smallest absolute Gasteiger partial charge is 0.268 e. The molecule has 1 aromatic rings. The summed E-state index contributed by atoms with van der Waals surface area (Å²) in [4.78, 5) is 12.4. The molecule has 0 aromatic carbocycles. The highest BCUT2D eigenvalue weighted by Gasteiger charge is 2.26. The third-order valence-corrected chi connectivity index (χ3v) is 5.92. The van der Waals surface area contributed by atoms with Crippen molar-refractivity contribution >= 4 is 33.6 Å². The molecule has 1 aromatic heterocycles. The summed E-state index contributed by atoms with van der Waals surface area (Å²) in [6.45, 7) is 9.22. The van der Waals surface area contributed by atoms with E-state index >= 15 is 0 Å². The fraction of sp³-hybridized carbons (Fsp3) is 0.667. The van der Waals surface area contributed by atoms with Gasteiger partial charge in [-0.25, -0.2) is 0 Å². The molecule has 0 fully saturated rings. The Labute approximate surface area is 135 Å². The number of nitrogens with one attached hydrogen (secondary N) is 1. The number of amides is 1. The molecule has 0 bridgehead atoms. The fourth-order valence-electron chi connectivity index (χ4n) is 2.25. The summed E-state index contributed by atoms with van der Waals surface area (Å²) in [5.41, 5.74) is 0.717. The van der Waals surface area contributed by atoms with Gasteiger partial charge in [0.1, 0.15) is 5.69 Å². The molecule has 0 aliphatic heterocycles. The van der Waals surface area contributed by atoms with Crippen molar-refractivity contribution in [2.24, 2.45) is 0 Å². The lowest BCUT2D eigenvalue weighted by Crippen LogP contribution is -2.40. The molecule has 1 amide bonds. The number of carbonyl (C=O) groups excluding carboxylic acids is 1. The van der Waals surface area contributed by atoms with E-state index in [2.05, 4.69) is 55.2 Å². The highest BCUT2D eigenvalue weighted by Crippen LogP contribution is 2.29. The molecule has 20 heavy (non-hydrogen) atoms. The van der Waals surface area contributed by atoms with E-state index in [0.717, 1.165) is 17.3 Å². The molecule has 0 radical (unpaired) electrons. The second kappa shape index (κ2) is 7.55. The standard InChI is InChI=1S/C15H25BrN2OS/c1-6-15(7-2,20-5)10-17-14(19)13-8-12(16)9-18(13)11(3)4/h8-9,11H,6-7,10H2,1-5H3,(H,17,19). The maximum absolute atomic E-state index is 12.4. The molecule has 1 N–H and O–H groups in total. The third kappa shape index (κ3) is 4.04. The summed E-state index contributed by atoms with van der Waals surface area (Å²) < 4.78 is 3.08. The average molecular weight is 361 g/mol. The van der Waals surface area contributed by atoms with Gasteiger partial charge in [-0.3, -0.25) is 4.79 Å². The second-order valence-electron chi connectivity index (χ2n) is 5.32. The van der Waals surface area contributed by atoms with Gasteiger partial charge in [0.05, 0.1) is 0 Å². The van der Waals surface area contributed by atoms with E-state index in [1.165, 1.54) is 0 Å². The summed E-state index contributed by atoms with van der Waals surface area (Å²) in [6, 6.07) is 2.15. The molecule has 0 saturated carbocycles. The van der Waals surface area contributed by atoms with Crippen molar-refractivity contribution in [1.82, 2.24) is 9.88 Å². The first-order chi connectivity index (χ1) is 9.39. The van der Waals surface area contributed by atoms with E-state index in [0.29, 0.717) is 12.2 Å². The quantitative estimate of drug-likeness (QED) is 0.777. The SMILES string of the molecule is CCC(CC)(CNC(=O)c1cc(Br)cn1C(C)C)SC. The Morgan fingerprint density at radius 3 is 2.50 bits per heavy atom. The summed E-state index contributed by atoms with van der Waals surface area (Å²) in [7, 11) is 0. The van der Waals surface area contributed by atoms with Crippen molar-refractivity contribution in [1.29, 1.82) is 0 Å². The minimum absolute atomic E-state index is 0.00438. The van der Waals surface area contributed by atoms with Gasteiger partial charge in [-0.1, -0.05) is 13.8 Å². The van der Waals surface area contributed by atoms with Crippen LogP contribution in [0.15, 0.2) is 16.7 Å². The number of nitrogens with zero attached hydrogens (tertiary/aromatic N) is 1. The monoisotopic (exact) mass is 360 g/mol. The van der Waals surface area contributed by atoms with Gasteiger partial charge in [0.25, 0.3) is 5.91 Å². The van der Waals surface area contributed by atoms with Crippen molar-refractivity contribution in [2.75, 3.05) is 12.8 Å². The lowest BCUT2D eigenvalue weighted by molar-refractivity contribution is 0.0938. The van der Waals surface area contributed by atoms with E-state index in [-0.39, 0.29) is 16.7 Å². The molecule has 0 aliphatic carbocycles. The van der Waals surface area contributed by atoms with E-state index < -0.39 is 0 Å². The van der Waals surface area contributed by atoms with Crippen LogP contribution in [0.25, 0.3) is 0 Å². The maximum Gasteiger partial charge on any atom is 0.268 e. The zero-order valence-corrected chi connectivity index (χ0v) is 15.4. The van der Waals surface area contributed by atoms with Crippen molar-refractivity contribution in [3.63, 3.8) is 0 Å². The molecule has 0 aliphatic rings. The Hall–Kier alpha value is -0.420. The summed E-state index contributed by atoms with van der Waals surface area (Å²) in [6.07, 6.45) is 6.19. The van der Waals surface area contributed by atoms with Crippen LogP contribution >= 0.6 is 27.7 Å². The summed E-state index contributed by atoms with van der Waals surface area (Å²) in [5, 5.41) is 3.10. The Morgan fingerprint density at radius 2 is 2.05 bits per heavy atom. The van der Waals surface area contributed by atoms with E-state index in [1.807, 2.05) is 28.6 Å². The maximum atomic E-state index is 12.4. The minimum Gasteiger partial charge on any atom is -0.349 e. The van der Waals surface area contributed by atoms with Crippen LogP contribution in [0.1, 0.15) is 57.1 Å².